The molecule has 0 bridgehead atoms. The van der Waals surface area contributed by atoms with Crippen LogP contribution < -0.4 is 10.0 Å². The van der Waals surface area contributed by atoms with Gasteiger partial charge >= 0.3 is 0 Å². The summed E-state index contributed by atoms with van der Waals surface area (Å²) in [5, 5.41) is 2.92. The number of hydrogen-bond donors (Lipinski definition) is 2. The Bertz CT molecular complexity index is 936. The maximum atomic E-state index is 12.5. The molecule has 6 nitrogen and oxygen atoms in total. The van der Waals surface area contributed by atoms with Crippen molar-refractivity contribution in [2.75, 3.05) is 24.1 Å². The van der Waals surface area contributed by atoms with Crippen LogP contribution in [-0.4, -0.2) is 38.6 Å². The molecule has 2 aromatic carbocycles. The van der Waals surface area contributed by atoms with Crippen LogP contribution in [0.1, 0.15) is 47.2 Å². The molecule has 2 aromatic rings. The Morgan fingerprint density at radius 2 is 1.66 bits per heavy atom. The zero-order chi connectivity index (χ0) is 20.7. The van der Waals surface area contributed by atoms with Crippen molar-refractivity contribution in [1.82, 2.24) is 10.2 Å². The van der Waals surface area contributed by atoms with Crippen molar-refractivity contribution >= 4 is 21.6 Å². The van der Waals surface area contributed by atoms with Gasteiger partial charge in [-0.15, -0.1) is 0 Å². The Labute approximate surface area is 173 Å². The molecule has 0 saturated carbocycles. The van der Waals surface area contributed by atoms with Crippen LogP contribution in [0.25, 0.3) is 0 Å². The Balaban J connectivity index is 1.58. The van der Waals surface area contributed by atoms with Crippen molar-refractivity contribution in [3.8, 4) is 0 Å². The van der Waals surface area contributed by atoms with Gasteiger partial charge in [-0.25, -0.2) is 8.42 Å². The van der Waals surface area contributed by atoms with Gasteiger partial charge in [0.25, 0.3) is 5.91 Å². The molecule has 1 saturated heterocycles. The van der Waals surface area contributed by atoms with Gasteiger partial charge in [0.1, 0.15) is 0 Å². The fourth-order valence-corrected chi connectivity index (χ4v) is 4.17. The van der Waals surface area contributed by atoms with E-state index >= 15 is 0 Å². The van der Waals surface area contributed by atoms with Gasteiger partial charge in [-0.1, -0.05) is 43.2 Å². The van der Waals surface area contributed by atoms with Gasteiger partial charge in [-0.2, -0.15) is 0 Å². The monoisotopic (exact) mass is 415 g/mol. The van der Waals surface area contributed by atoms with Gasteiger partial charge in [0.2, 0.25) is 10.0 Å². The number of benzene rings is 2. The van der Waals surface area contributed by atoms with Crippen LogP contribution in [0.15, 0.2) is 48.5 Å². The average molecular weight is 416 g/mol. The number of likely N-dealkylation sites (tertiary alicyclic amines) is 1. The van der Waals surface area contributed by atoms with E-state index in [0.717, 1.165) is 31.5 Å². The average Bonchev–Trinajstić information content (AvgIpc) is 2.94. The third-order valence-electron chi connectivity index (χ3n) is 4.98. The molecular formula is C22H29N3O3S. The number of nitrogens with zero attached hydrogens (tertiary/aromatic N) is 1. The molecule has 3 rings (SSSR count). The molecule has 0 radical (unpaired) electrons. The molecule has 29 heavy (non-hydrogen) atoms. The van der Waals surface area contributed by atoms with E-state index in [0.29, 0.717) is 17.8 Å². The van der Waals surface area contributed by atoms with Crippen molar-refractivity contribution in [2.24, 2.45) is 0 Å². The molecule has 0 spiro atoms. The van der Waals surface area contributed by atoms with E-state index in [9.17, 15) is 13.2 Å². The maximum Gasteiger partial charge on any atom is 0.251 e. The van der Waals surface area contributed by atoms with Crippen molar-refractivity contribution in [3.05, 3.63) is 65.2 Å². The molecule has 0 aliphatic carbocycles. The minimum Gasteiger partial charge on any atom is -0.348 e. The lowest BCUT2D eigenvalue weighted by atomic mass is 10.1. The molecule has 1 heterocycles. The summed E-state index contributed by atoms with van der Waals surface area (Å²) in [7, 11) is -3.38. The highest BCUT2D eigenvalue weighted by Gasteiger charge is 2.11. The number of anilines is 1. The molecule has 7 heteroatoms. The molecule has 1 fully saturated rings. The van der Waals surface area contributed by atoms with Gasteiger partial charge < -0.3 is 5.32 Å². The van der Waals surface area contributed by atoms with Crippen LogP contribution >= 0.6 is 0 Å². The second-order valence-electron chi connectivity index (χ2n) is 7.65. The fraction of sp³-hybridized carbons (Fsp3) is 0.409. The summed E-state index contributed by atoms with van der Waals surface area (Å²) < 4.78 is 25.1. The minimum atomic E-state index is -3.38. The number of carbonyl (C=O) groups excluding carboxylic acids is 1. The minimum absolute atomic E-state index is 0.236. The molecule has 2 N–H and O–H groups in total. The second-order valence-corrected chi connectivity index (χ2v) is 9.40. The smallest absolute Gasteiger partial charge is 0.251 e. The Kier molecular flexibility index (Phi) is 7.28. The third kappa shape index (κ3) is 7.18. The number of hydrogen-bond acceptors (Lipinski definition) is 4. The molecule has 0 unspecified atom stereocenters. The van der Waals surface area contributed by atoms with Crippen LogP contribution in [0.4, 0.5) is 5.69 Å². The number of carbonyl (C=O) groups is 1. The molecule has 0 atom stereocenters. The lowest BCUT2D eigenvalue weighted by Gasteiger charge is -2.20. The lowest BCUT2D eigenvalue weighted by Crippen LogP contribution is -2.24. The first-order valence-electron chi connectivity index (χ1n) is 10.1. The van der Waals surface area contributed by atoms with E-state index < -0.39 is 10.0 Å². The van der Waals surface area contributed by atoms with E-state index in [-0.39, 0.29) is 5.91 Å². The first-order valence-corrected chi connectivity index (χ1v) is 11.9. The van der Waals surface area contributed by atoms with E-state index in [1.54, 1.807) is 18.2 Å². The quantitative estimate of drug-likeness (QED) is 0.727. The molecule has 1 amide bonds. The summed E-state index contributed by atoms with van der Waals surface area (Å²) in [6, 6.07) is 14.8. The number of nitrogens with one attached hydrogen (secondary N) is 2. The standard InChI is InChI=1S/C22H29N3O3S/c1-29(27,28)24-21-11-7-10-20(15-21)22(26)23-16-18-8-6-9-19(14-18)17-25-12-4-2-3-5-13-25/h6-11,14-15,24H,2-5,12-13,16-17H2,1H3,(H,23,26). The summed E-state index contributed by atoms with van der Waals surface area (Å²) in [4.78, 5) is 15.0. The van der Waals surface area contributed by atoms with Gasteiger partial charge in [-0.05, 0) is 55.3 Å². The van der Waals surface area contributed by atoms with Crippen molar-refractivity contribution < 1.29 is 13.2 Å². The Morgan fingerprint density at radius 1 is 0.966 bits per heavy atom. The molecule has 156 valence electrons. The fourth-order valence-electron chi connectivity index (χ4n) is 3.61. The zero-order valence-corrected chi connectivity index (χ0v) is 17.7. The largest absolute Gasteiger partial charge is 0.348 e. The number of sulfonamides is 1. The highest BCUT2D eigenvalue weighted by atomic mass is 32.2. The van der Waals surface area contributed by atoms with Crippen LogP contribution in [-0.2, 0) is 23.1 Å². The van der Waals surface area contributed by atoms with E-state index in [2.05, 4.69) is 27.1 Å². The summed E-state index contributed by atoms with van der Waals surface area (Å²) in [6.07, 6.45) is 6.26. The van der Waals surface area contributed by atoms with Gasteiger partial charge in [0.15, 0.2) is 0 Å². The van der Waals surface area contributed by atoms with Crippen LogP contribution in [0.3, 0.4) is 0 Å². The van der Waals surface area contributed by atoms with Gasteiger partial charge in [0, 0.05) is 24.3 Å². The highest BCUT2D eigenvalue weighted by Crippen LogP contribution is 2.15. The van der Waals surface area contributed by atoms with E-state index in [1.807, 2.05) is 12.1 Å². The maximum absolute atomic E-state index is 12.5. The number of rotatable bonds is 7. The summed E-state index contributed by atoms with van der Waals surface area (Å²) in [5.41, 5.74) is 3.10. The number of amides is 1. The lowest BCUT2D eigenvalue weighted by molar-refractivity contribution is 0.0951. The Hall–Kier alpha value is -2.38. The molecular weight excluding hydrogens is 386 g/mol. The predicted octanol–water partition coefficient (Wildman–Crippen LogP) is 3.36. The SMILES string of the molecule is CS(=O)(=O)Nc1cccc(C(=O)NCc2cccc(CN3CCCCCC3)c2)c1. The Morgan fingerprint density at radius 3 is 2.38 bits per heavy atom. The van der Waals surface area contributed by atoms with Gasteiger partial charge in [-0.3, -0.25) is 14.4 Å². The molecule has 1 aliphatic heterocycles. The van der Waals surface area contributed by atoms with E-state index in [1.165, 1.54) is 37.3 Å². The van der Waals surface area contributed by atoms with Crippen LogP contribution in [0, 0.1) is 0 Å². The zero-order valence-electron chi connectivity index (χ0n) is 16.9. The third-order valence-corrected chi connectivity index (χ3v) is 5.58. The van der Waals surface area contributed by atoms with Crippen LogP contribution in [0.2, 0.25) is 0 Å². The summed E-state index contributed by atoms with van der Waals surface area (Å²) >= 11 is 0. The topological polar surface area (TPSA) is 78.5 Å². The first kappa shape index (κ1) is 21.3. The van der Waals surface area contributed by atoms with Crippen molar-refractivity contribution in [1.29, 1.82) is 0 Å². The van der Waals surface area contributed by atoms with Crippen LogP contribution in [0.5, 0.6) is 0 Å². The highest BCUT2D eigenvalue weighted by molar-refractivity contribution is 7.92. The van der Waals surface area contributed by atoms with E-state index in [4.69, 9.17) is 0 Å². The predicted molar refractivity (Wildman–Crippen MR) is 116 cm³/mol. The molecule has 1 aliphatic rings. The van der Waals surface area contributed by atoms with Crippen molar-refractivity contribution in [2.45, 2.75) is 38.8 Å². The summed E-state index contributed by atoms with van der Waals surface area (Å²) in [5.74, 6) is -0.236. The normalized spacial score (nSPS) is 15.5. The van der Waals surface area contributed by atoms with Gasteiger partial charge in [0.05, 0.1) is 6.26 Å². The summed E-state index contributed by atoms with van der Waals surface area (Å²) in [6.45, 7) is 3.68. The first-order chi connectivity index (χ1) is 13.9. The molecule has 0 aromatic heterocycles. The van der Waals surface area contributed by atoms with Crippen molar-refractivity contribution in [3.63, 3.8) is 0 Å². The second kappa shape index (κ2) is 9.89.